The number of likely N-dealkylation sites (N-methyl/N-ethyl adjacent to an activating group) is 1. The molecule has 3 aromatic heterocycles. The van der Waals surface area contributed by atoms with Gasteiger partial charge in [0.15, 0.2) is 5.65 Å². The maximum absolute atomic E-state index is 13.9. The maximum atomic E-state index is 13.9. The summed E-state index contributed by atoms with van der Waals surface area (Å²) in [5.74, 6) is 1.66. The number of aromatic nitrogens is 4. The second kappa shape index (κ2) is 8.68. The molecule has 2 aliphatic rings. The molecule has 7 nitrogen and oxygen atoms in total. The zero-order valence-corrected chi connectivity index (χ0v) is 19.3. The van der Waals surface area contributed by atoms with Crippen molar-refractivity contribution in [2.24, 2.45) is 0 Å². The first kappa shape index (κ1) is 21.0. The Morgan fingerprint density at radius 1 is 0.912 bits per heavy atom. The van der Waals surface area contributed by atoms with Gasteiger partial charge in [0.2, 0.25) is 0 Å². The van der Waals surface area contributed by atoms with Gasteiger partial charge < -0.3 is 14.7 Å². The molecule has 0 bridgehead atoms. The summed E-state index contributed by atoms with van der Waals surface area (Å²) in [6.45, 7) is 4.90. The zero-order valence-electron chi connectivity index (χ0n) is 19.3. The van der Waals surface area contributed by atoms with E-state index in [2.05, 4.69) is 38.9 Å². The minimum absolute atomic E-state index is 0.117. The molecular formula is C26H28FN7. The van der Waals surface area contributed by atoms with E-state index in [1.807, 2.05) is 35.0 Å². The van der Waals surface area contributed by atoms with Crippen LogP contribution in [-0.2, 0) is 0 Å². The third kappa shape index (κ3) is 3.88. The first-order valence-corrected chi connectivity index (χ1v) is 11.9. The molecule has 2 fully saturated rings. The van der Waals surface area contributed by atoms with Crippen LogP contribution in [0.4, 0.5) is 16.0 Å². The van der Waals surface area contributed by atoms with Crippen molar-refractivity contribution in [2.75, 3.05) is 49.6 Å². The number of pyridine rings is 1. The number of hydrogen-bond donors (Lipinski definition) is 0. The van der Waals surface area contributed by atoms with Crippen molar-refractivity contribution in [1.82, 2.24) is 24.5 Å². The predicted molar refractivity (Wildman–Crippen MR) is 132 cm³/mol. The fourth-order valence-corrected chi connectivity index (χ4v) is 5.07. The van der Waals surface area contributed by atoms with Gasteiger partial charge in [-0.2, -0.15) is 0 Å². The number of benzene rings is 1. The Kier molecular flexibility index (Phi) is 5.37. The van der Waals surface area contributed by atoms with Crippen molar-refractivity contribution in [2.45, 2.75) is 18.9 Å². The smallest absolute Gasteiger partial charge is 0.154 e. The number of anilines is 2. The van der Waals surface area contributed by atoms with E-state index in [1.54, 1.807) is 12.1 Å². The third-order valence-corrected chi connectivity index (χ3v) is 6.95. The summed E-state index contributed by atoms with van der Waals surface area (Å²) >= 11 is 0. The Labute approximate surface area is 198 Å². The summed E-state index contributed by atoms with van der Waals surface area (Å²) < 4.78 is 15.8. The van der Waals surface area contributed by atoms with Crippen LogP contribution in [0, 0.1) is 5.82 Å². The highest BCUT2D eigenvalue weighted by Crippen LogP contribution is 2.35. The predicted octanol–water partition coefficient (Wildman–Crippen LogP) is 4.02. The Bertz CT molecular complexity index is 1310. The number of piperazine rings is 1. The van der Waals surface area contributed by atoms with Crippen molar-refractivity contribution in [3.05, 3.63) is 72.2 Å². The number of nitrogens with zero attached hydrogens (tertiary/aromatic N) is 7. The van der Waals surface area contributed by atoms with Crippen molar-refractivity contribution in [3.63, 3.8) is 0 Å². The van der Waals surface area contributed by atoms with Gasteiger partial charge in [-0.1, -0.05) is 18.2 Å². The van der Waals surface area contributed by atoms with Gasteiger partial charge in [0.1, 0.15) is 23.1 Å². The van der Waals surface area contributed by atoms with Crippen LogP contribution in [-0.4, -0.2) is 64.3 Å². The second-order valence-electron chi connectivity index (χ2n) is 9.18. The fraction of sp³-hybridized carbons (Fsp3) is 0.346. The molecule has 6 rings (SSSR count). The largest absolute Gasteiger partial charge is 0.354 e. The van der Waals surface area contributed by atoms with E-state index < -0.39 is 0 Å². The first-order valence-electron chi connectivity index (χ1n) is 11.9. The summed E-state index contributed by atoms with van der Waals surface area (Å²) in [6.07, 6.45) is 3.87. The lowest BCUT2D eigenvalue weighted by molar-refractivity contribution is 0.312. The molecule has 2 aliphatic heterocycles. The molecule has 4 aromatic rings. The van der Waals surface area contributed by atoms with Crippen molar-refractivity contribution < 1.29 is 4.39 Å². The van der Waals surface area contributed by atoms with Gasteiger partial charge in [0, 0.05) is 32.7 Å². The van der Waals surface area contributed by atoms with Gasteiger partial charge in [-0.05, 0) is 61.9 Å². The molecule has 0 saturated carbocycles. The van der Waals surface area contributed by atoms with E-state index in [1.165, 1.54) is 6.07 Å². The van der Waals surface area contributed by atoms with Crippen LogP contribution in [0.25, 0.3) is 17.0 Å². The Morgan fingerprint density at radius 3 is 2.62 bits per heavy atom. The van der Waals surface area contributed by atoms with Crippen LogP contribution >= 0.6 is 0 Å². The Balaban J connectivity index is 1.34. The summed E-state index contributed by atoms with van der Waals surface area (Å²) in [6, 6.07) is 17.2. The van der Waals surface area contributed by atoms with E-state index in [9.17, 15) is 4.39 Å². The molecule has 1 atom stereocenters. The van der Waals surface area contributed by atoms with Gasteiger partial charge in [0.05, 0.1) is 17.9 Å². The van der Waals surface area contributed by atoms with Gasteiger partial charge in [0.25, 0.3) is 0 Å². The molecule has 0 aliphatic carbocycles. The number of rotatable bonds is 4. The minimum atomic E-state index is -0.198. The molecule has 174 valence electrons. The maximum Gasteiger partial charge on any atom is 0.154 e. The normalized spacial score (nSPS) is 19.3. The lowest BCUT2D eigenvalue weighted by Gasteiger charge is -2.33. The highest BCUT2D eigenvalue weighted by molar-refractivity contribution is 5.62. The van der Waals surface area contributed by atoms with Crippen LogP contribution in [0.3, 0.4) is 0 Å². The highest BCUT2D eigenvalue weighted by atomic mass is 19.1. The molecule has 0 radical (unpaired) electrons. The first-order chi connectivity index (χ1) is 16.7. The zero-order chi connectivity index (χ0) is 23.1. The average molecular weight is 458 g/mol. The fourth-order valence-electron chi connectivity index (χ4n) is 5.07. The van der Waals surface area contributed by atoms with E-state index in [4.69, 9.17) is 10.1 Å². The molecule has 2 saturated heterocycles. The molecule has 0 spiro atoms. The molecule has 5 heterocycles. The minimum Gasteiger partial charge on any atom is -0.354 e. The number of fused-ring (bicyclic) bond motifs is 1. The van der Waals surface area contributed by atoms with E-state index in [0.717, 1.165) is 79.8 Å². The van der Waals surface area contributed by atoms with E-state index in [0.29, 0.717) is 0 Å². The monoisotopic (exact) mass is 457 g/mol. The van der Waals surface area contributed by atoms with Crippen LogP contribution in [0.1, 0.15) is 24.4 Å². The topological polar surface area (TPSA) is 52.8 Å². The Morgan fingerprint density at radius 2 is 1.76 bits per heavy atom. The van der Waals surface area contributed by atoms with Crippen molar-refractivity contribution in [1.29, 1.82) is 0 Å². The highest BCUT2D eigenvalue weighted by Gasteiger charge is 2.28. The summed E-state index contributed by atoms with van der Waals surface area (Å²) in [5.41, 5.74) is 3.50. The van der Waals surface area contributed by atoms with Crippen LogP contribution in [0.5, 0.6) is 0 Å². The Hall–Kier alpha value is -3.52. The van der Waals surface area contributed by atoms with Crippen LogP contribution < -0.4 is 9.80 Å². The third-order valence-electron chi connectivity index (χ3n) is 6.95. The van der Waals surface area contributed by atoms with Gasteiger partial charge in [-0.25, -0.2) is 18.9 Å². The molecular weight excluding hydrogens is 429 g/mol. The summed E-state index contributed by atoms with van der Waals surface area (Å²) in [7, 11) is 2.15. The number of halogens is 1. The average Bonchev–Trinajstić information content (AvgIpc) is 3.52. The van der Waals surface area contributed by atoms with Gasteiger partial charge >= 0.3 is 0 Å². The summed E-state index contributed by atoms with van der Waals surface area (Å²) in [5, 5.41) is 4.97. The SMILES string of the molecule is CN1CCN(c2cccc(-c3cnc4ccc(N5CCCC5c5cccc(F)c5)nn34)n2)CC1. The van der Waals surface area contributed by atoms with Crippen molar-refractivity contribution >= 4 is 17.3 Å². The van der Waals surface area contributed by atoms with Crippen molar-refractivity contribution in [3.8, 4) is 11.4 Å². The molecule has 0 amide bonds. The molecule has 8 heteroatoms. The molecule has 1 unspecified atom stereocenters. The number of hydrogen-bond acceptors (Lipinski definition) is 6. The second-order valence-corrected chi connectivity index (χ2v) is 9.18. The standard InChI is InChI=1S/C26H28FN7/c1-31-13-15-32(16-14-31)25-9-3-7-21(29-25)23-18-28-24-10-11-26(30-34(23)24)33-12-4-8-22(33)19-5-2-6-20(27)17-19/h2-3,5-7,9-11,17-18,22H,4,8,12-16H2,1H3. The van der Waals surface area contributed by atoms with E-state index in [-0.39, 0.29) is 11.9 Å². The summed E-state index contributed by atoms with van der Waals surface area (Å²) in [4.78, 5) is 16.5. The van der Waals surface area contributed by atoms with Gasteiger partial charge in [-0.15, -0.1) is 5.10 Å². The number of imidazole rings is 1. The molecule has 34 heavy (non-hydrogen) atoms. The lowest BCUT2D eigenvalue weighted by Crippen LogP contribution is -2.44. The van der Waals surface area contributed by atoms with E-state index >= 15 is 0 Å². The van der Waals surface area contributed by atoms with Crippen LogP contribution in [0.15, 0.2) is 60.8 Å². The van der Waals surface area contributed by atoms with Gasteiger partial charge in [-0.3, -0.25) is 0 Å². The van der Waals surface area contributed by atoms with Crippen LogP contribution in [0.2, 0.25) is 0 Å². The quantitative estimate of drug-likeness (QED) is 0.461. The molecule has 0 N–H and O–H groups in total. The molecule has 1 aromatic carbocycles. The lowest BCUT2D eigenvalue weighted by atomic mass is 10.0.